The molecule has 0 radical (unpaired) electrons. The SMILES string of the molecule is C#CCOc1ccc(N2C(=O)c3cc4c(cc3C2O)Oc2cc3c(cc2O4)C(C)(C)CC32CC(C)(C)c3cc4oc5cc6c(=O)n(-c7ccc(OCC#C)cc7)c(=O)c6cc5oc4cc32)cc1. The van der Waals surface area contributed by atoms with Crippen LogP contribution in [0.4, 0.5) is 5.69 Å². The van der Waals surface area contributed by atoms with Crippen LogP contribution in [0.2, 0.25) is 0 Å². The molecule has 1 spiro atoms. The lowest BCUT2D eigenvalue weighted by molar-refractivity contribution is 0.0935. The van der Waals surface area contributed by atoms with Crippen molar-refractivity contribution in [1.29, 1.82) is 0 Å². The normalized spacial score (nSPS) is 19.0. The number of rotatable bonds is 6. The molecule has 2 aliphatic heterocycles. The number of amides is 1. The molecule has 8 aromatic rings. The molecule has 2 atom stereocenters. The van der Waals surface area contributed by atoms with Crippen molar-refractivity contribution in [3.63, 3.8) is 0 Å². The van der Waals surface area contributed by atoms with Crippen LogP contribution in [-0.2, 0) is 16.2 Å². The average Bonchev–Trinajstić information content (AvgIpc) is 3.88. The van der Waals surface area contributed by atoms with Crippen LogP contribution in [0.5, 0.6) is 34.5 Å². The van der Waals surface area contributed by atoms with E-state index in [4.69, 9.17) is 40.6 Å². The Morgan fingerprint density at radius 2 is 1.06 bits per heavy atom. The van der Waals surface area contributed by atoms with Gasteiger partial charge in [0, 0.05) is 16.7 Å². The van der Waals surface area contributed by atoms with Gasteiger partial charge < -0.3 is 32.9 Å². The molecule has 0 bridgehead atoms. The van der Waals surface area contributed by atoms with Crippen LogP contribution < -0.4 is 35.0 Å². The minimum Gasteiger partial charge on any atom is -0.481 e. The summed E-state index contributed by atoms with van der Waals surface area (Å²) in [6, 6.07) is 28.1. The standard InChI is InChI=1S/C55H40N2O10/c1-7-17-62-31-13-9-29(10-14-31)56-49(58)33-19-41-43(21-35(33)51(56)60)66-47-25-39-37(23-45(47)64-41)53(3,4)27-55(39)28-54(5,6)38-24-46-48(26-40(38)55)67-44-22-36-34(20-42(44)65-46)50(59)57(52(36)61)30-11-15-32(16-12-30)63-18-8-2/h1-2,9-16,19-26,51,60H,17-18,27-28H2,3-6H3. The van der Waals surface area contributed by atoms with E-state index in [1.54, 1.807) is 72.8 Å². The lowest BCUT2D eigenvalue weighted by atomic mass is 9.72. The molecule has 1 N–H and O–H groups in total. The summed E-state index contributed by atoms with van der Waals surface area (Å²) in [5.41, 5.74) is 5.75. The molecule has 330 valence electrons. The second-order valence-electron chi connectivity index (χ2n) is 19.0. The van der Waals surface area contributed by atoms with Gasteiger partial charge in [0.2, 0.25) is 0 Å². The highest BCUT2D eigenvalue weighted by atomic mass is 16.6. The number of aliphatic hydroxyl groups excluding tert-OH is 1. The van der Waals surface area contributed by atoms with Crippen LogP contribution in [0.15, 0.2) is 115 Å². The fourth-order valence-corrected chi connectivity index (χ4v) is 11.2. The van der Waals surface area contributed by atoms with Gasteiger partial charge in [-0.2, -0.15) is 0 Å². The van der Waals surface area contributed by atoms with Crippen molar-refractivity contribution in [3.05, 3.63) is 151 Å². The minimum atomic E-state index is -1.26. The van der Waals surface area contributed by atoms with Crippen molar-refractivity contribution in [2.45, 2.75) is 63.0 Å². The number of terminal acetylenes is 2. The maximum atomic E-state index is 13.8. The predicted octanol–water partition coefficient (Wildman–Crippen LogP) is 10.1. The lowest BCUT2D eigenvalue weighted by Gasteiger charge is -2.31. The summed E-state index contributed by atoms with van der Waals surface area (Å²) in [5, 5.41) is 11.9. The number of carbonyl (C=O) groups is 1. The van der Waals surface area contributed by atoms with E-state index in [-0.39, 0.29) is 40.7 Å². The smallest absolute Gasteiger partial charge is 0.266 e. The van der Waals surface area contributed by atoms with Gasteiger partial charge in [0.05, 0.1) is 22.0 Å². The van der Waals surface area contributed by atoms with Gasteiger partial charge in [0.25, 0.3) is 17.0 Å². The highest BCUT2D eigenvalue weighted by Gasteiger charge is 2.57. The molecule has 6 aromatic carbocycles. The largest absolute Gasteiger partial charge is 0.481 e. The molecule has 0 saturated carbocycles. The Bertz CT molecular complexity index is 3710. The number of benzene rings is 6. The third-order valence-electron chi connectivity index (χ3n) is 13.9. The molecule has 2 aromatic heterocycles. The van der Waals surface area contributed by atoms with E-state index < -0.39 is 22.8 Å². The molecule has 2 aliphatic carbocycles. The maximum absolute atomic E-state index is 13.8. The first-order chi connectivity index (χ1) is 32.2. The maximum Gasteiger partial charge on any atom is 0.266 e. The molecule has 1 amide bonds. The topological polar surface area (TPSA) is 143 Å². The number of aliphatic hydroxyl groups is 1. The fourth-order valence-electron chi connectivity index (χ4n) is 11.2. The first kappa shape index (κ1) is 40.3. The third kappa shape index (κ3) is 5.83. The molecule has 4 aliphatic rings. The molecule has 67 heavy (non-hydrogen) atoms. The van der Waals surface area contributed by atoms with Crippen molar-refractivity contribution in [2.75, 3.05) is 18.1 Å². The van der Waals surface area contributed by atoms with Crippen LogP contribution in [0.3, 0.4) is 0 Å². The number of hydrogen-bond acceptors (Lipinski definition) is 10. The first-order valence-corrected chi connectivity index (χ1v) is 21.9. The Hall–Kier alpha value is -8.19. The highest BCUT2D eigenvalue weighted by molar-refractivity contribution is 6.11. The summed E-state index contributed by atoms with van der Waals surface area (Å²) >= 11 is 0. The molecule has 0 fully saturated rings. The monoisotopic (exact) mass is 888 g/mol. The zero-order chi connectivity index (χ0) is 46.3. The fraction of sp³-hybridized carbons (Fsp3) is 0.218. The van der Waals surface area contributed by atoms with Gasteiger partial charge >= 0.3 is 0 Å². The summed E-state index contributed by atoms with van der Waals surface area (Å²) < 4.78 is 38.4. The van der Waals surface area contributed by atoms with Crippen molar-refractivity contribution in [1.82, 2.24) is 4.57 Å². The van der Waals surface area contributed by atoms with Crippen LogP contribution in [0.25, 0.3) is 38.8 Å². The van der Waals surface area contributed by atoms with Crippen molar-refractivity contribution in [3.8, 4) is 64.9 Å². The van der Waals surface area contributed by atoms with Crippen molar-refractivity contribution >= 4 is 44.7 Å². The van der Waals surface area contributed by atoms with Crippen LogP contribution in [0.1, 0.15) is 84.9 Å². The van der Waals surface area contributed by atoms with E-state index >= 15 is 0 Å². The molecule has 4 heterocycles. The third-order valence-corrected chi connectivity index (χ3v) is 13.9. The summed E-state index contributed by atoms with van der Waals surface area (Å²) in [7, 11) is 0. The van der Waals surface area contributed by atoms with E-state index in [2.05, 4.69) is 63.8 Å². The van der Waals surface area contributed by atoms with Crippen LogP contribution in [-0.4, -0.2) is 28.8 Å². The second kappa shape index (κ2) is 13.9. The number of aromatic nitrogens is 1. The quantitative estimate of drug-likeness (QED) is 0.127. The molecule has 2 unspecified atom stereocenters. The van der Waals surface area contributed by atoms with Gasteiger partial charge in [-0.05, 0) is 143 Å². The van der Waals surface area contributed by atoms with Gasteiger partial charge in [-0.1, -0.05) is 39.5 Å². The molecule has 0 saturated heterocycles. The van der Waals surface area contributed by atoms with Crippen molar-refractivity contribution < 1.29 is 37.7 Å². The molecular formula is C55H40N2O10. The van der Waals surface area contributed by atoms with Crippen molar-refractivity contribution in [2.24, 2.45) is 0 Å². The molecule has 12 heteroatoms. The van der Waals surface area contributed by atoms with Crippen LogP contribution in [0, 0.1) is 24.7 Å². The Morgan fingerprint density at radius 1 is 0.612 bits per heavy atom. The number of nitrogens with zero attached hydrogens (tertiary/aromatic N) is 2. The summed E-state index contributed by atoms with van der Waals surface area (Å²) in [4.78, 5) is 42.7. The van der Waals surface area contributed by atoms with Gasteiger partial charge in [0.1, 0.15) is 24.7 Å². The second-order valence-corrected chi connectivity index (χ2v) is 19.0. The number of fused-ring (bicyclic) bond motifs is 10. The number of carbonyl (C=O) groups excluding carboxylic acids is 1. The number of ether oxygens (including phenoxy) is 4. The van der Waals surface area contributed by atoms with E-state index in [9.17, 15) is 19.5 Å². The van der Waals surface area contributed by atoms with Crippen LogP contribution >= 0.6 is 0 Å². The zero-order valence-corrected chi connectivity index (χ0v) is 36.8. The Balaban J connectivity index is 0.915. The van der Waals surface area contributed by atoms with E-state index in [1.165, 1.54) is 4.90 Å². The van der Waals surface area contributed by atoms with E-state index in [1.807, 2.05) is 0 Å². The Kier molecular flexibility index (Phi) is 8.37. The zero-order valence-electron chi connectivity index (χ0n) is 36.8. The minimum absolute atomic E-state index is 0.0962. The van der Waals surface area contributed by atoms with E-state index in [0.29, 0.717) is 79.3 Å². The molecular weight excluding hydrogens is 849 g/mol. The van der Waals surface area contributed by atoms with Gasteiger partial charge in [-0.15, -0.1) is 12.8 Å². The summed E-state index contributed by atoms with van der Waals surface area (Å²) in [6.07, 6.45) is 11.0. The van der Waals surface area contributed by atoms with Gasteiger partial charge in [0.15, 0.2) is 51.6 Å². The summed E-state index contributed by atoms with van der Waals surface area (Å²) in [5.74, 6) is 7.35. The van der Waals surface area contributed by atoms with Gasteiger partial charge in [-0.3, -0.25) is 19.3 Å². The van der Waals surface area contributed by atoms with E-state index in [0.717, 1.165) is 39.7 Å². The molecule has 12 rings (SSSR count). The Morgan fingerprint density at radius 3 is 1.61 bits per heavy atom. The highest BCUT2D eigenvalue weighted by Crippen LogP contribution is 2.65. The average molecular weight is 889 g/mol. The number of hydrogen-bond donors (Lipinski definition) is 1. The van der Waals surface area contributed by atoms with Gasteiger partial charge in [-0.25, -0.2) is 4.57 Å². The molecule has 12 nitrogen and oxygen atoms in total. The number of anilines is 1. The first-order valence-electron chi connectivity index (χ1n) is 21.9. The lowest BCUT2D eigenvalue weighted by Crippen LogP contribution is -2.27. The predicted molar refractivity (Wildman–Crippen MR) is 251 cm³/mol. The summed E-state index contributed by atoms with van der Waals surface area (Å²) in [6.45, 7) is 9.16. The Labute approximate surface area is 382 Å².